The van der Waals surface area contributed by atoms with Crippen molar-refractivity contribution in [3.8, 4) is 17.3 Å². The third-order valence-corrected chi connectivity index (χ3v) is 5.72. The van der Waals surface area contributed by atoms with Gasteiger partial charge in [-0.2, -0.15) is 10.4 Å². The number of nitrogens with zero attached hydrogens (tertiary/aromatic N) is 5. The standard InChI is InChI=1S/C25H18ClN7O/c26-19-4-6-20(7-5-19)32-25(34)17-3-1-2-16(12-17)22(8-10-27)33-14-18(13-31-33)23-21-9-11-28-24(21)30-15-29-23/h1-7,9,11-15,22H,8H2,(H,32,34)(H,28,29,30). The number of hydrogen-bond donors (Lipinski definition) is 2. The second kappa shape index (κ2) is 9.17. The summed E-state index contributed by atoms with van der Waals surface area (Å²) >= 11 is 5.92. The van der Waals surface area contributed by atoms with Gasteiger partial charge in [0.2, 0.25) is 0 Å². The summed E-state index contributed by atoms with van der Waals surface area (Å²) in [4.78, 5) is 24.5. The van der Waals surface area contributed by atoms with E-state index in [9.17, 15) is 10.1 Å². The number of anilines is 1. The zero-order valence-corrected chi connectivity index (χ0v) is 18.6. The first-order chi connectivity index (χ1) is 16.6. The average Bonchev–Trinajstić information content (AvgIpc) is 3.54. The van der Waals surface area contributed by atoms with Gasteiger partial charge in [0.25, 0.3) is 5.91 Å². The molecule has 0 spiro atoms. The van der Waals surface area contributed by atoms with E-state index in [0.717, 1.165) is 27.9 Å². The number of hydrogen-bond acceptors (Lipinski definition) is 5. The second-order valence-electron chi connectivity index (χ2n) is 7.64. The van der Waals surface area contributed by atoms with Gasteiger partial charge in [0.15, 0.2) is 0 Å². The Hall–Kier alpha value is -4.48. The van der Waals surface area contributed by atoms with Crippen molar-refractivity contribution in [3.05, 3.63) is 95.7 Å². The number of amides is 1. The molecule has 34 heavy (non-hydrogen) atoms. The molecule has 3 heterocycles. The molecule has 0 aliphatic rings. The van der Waals surface area contributed by atoms with E-state index in [1.807, 2.05) is 24.5 Å². The average molecular weight is 468 g/mol. The van der Waals surface area contributed by atoms with E-state index in [4.69, 9.17) is 11.6 Å². The van der Waals surface area contributed by atoms with Gasteiger partial charge < -0.3 is 10.3 Å². The van der Waals surface area contributed by atoms with E-state index in [2.05, 4.69) is 31.4 Å². The van der Waals surface area contributed by atoms with Crippen molar-refractivity contribution in [2.75, 3.05) is 5.32 Å². The molecule has 1 unspecified atom stereocenters. The van der Waals surface area contributed by atoms with E-state index >= 15 is 0 Å². The minimum Gasteiger partial charge on any atom is -0.346 e. The van der Waals surface area contributed by atoms with Crippen LogP contribution in [0.2, 0.25) is 5.02 Å². The molecule has 3 aromatic heterocycles. The maximum atomic E-state index is 12.8. The molecule has 0 fully saturated rings. The molecule has 1 amide bonds. The molecule has 5 aromatic rings. The minimum atomic E-state index is -0.370. The molecule has 166 valence electrons. The number of aromatic amines is 1. The van der Waals surface area contributed by atoms with E-state index in [-0.39, 0.29) is 18.4 Å². The van der Waals surface area contributed by atoms with Crippen molar-refractivity contribution in [2.45, 2.75) is 12.5 Å². The van der Waals surface area contributed by atoms with Crippen molar-refractivity contribution < 1.29 is 4.79 Å². The largest absolute Gasteiger partial charge is 0.346 e. The smallest absolute Gasteiger partial charge is 0.255 e. The Morgan fingerprint density at radius 3 is 2.85 bits per heavy atom. The molecule has 2 aromatic carbocycles. The topological polar surface area (TPSA) is 112 Å². The monoisotopic (exact) mass is 467 g/mol. The summed E-state index contributed by atoms with van der Waals surface area (Å²) in [7, 11) is 0. The summed E-state index contributed by atoms with van der Waals surface area (Å²) in [5.41, 5.74) is 4.23. The number of carbonyl (C=O) groups excluding carboxylic acids is 1. The van der Waals surface area contributed by atoms with Gasteiger partial charge in [0, 0.05) is 39.6 Å². The molecular weight excluding hydrogens is 450 g/mol. The molecule has 5 rings (SSSR count). The third kappa shape index (κ3) is 4.25. The third-order valence-electron chi connectivity index (χ3n) is 5.47. The SMILES string of the molecule is N#CCC(c1cccc(C(=O)Nc2ccc(Cl)cc2)c1)n1cc(-c2ncnc3[nH]ccc23)cn1. The maximum Gasteiger partial charge on any atom is 0.255 e. The van der Waals surface area contributed by atoms with Gasteiger partial charge in [-0.1, -0.05) is 23.7 Å². The molecular formula is C25H18ClN7O. The molecule has 1 atom stereocenters. The Bertz CT molecular complexity index is 1510. The van der Waals surface area contributed by atoms with Crippen LogP contribution in [0.1, 0.15) is 28.4 Å². The van der Waals surface area contributed by atoms with E-state index in [0.29, 0.717) is 16.3 Å². The highest BCUT2D eigenvalue weighted by Crippen LogP contribution is 2.28. The number of rotatable bonds is 6. The van der Waals surface area contributed by atoms with Gasteiger partial charge in [-0.25, -0.2) is 9.97 Å². The Morgan fingerprint density at radius 2 is 2.03 bits per heavy atom. The number of nitriles is 1. The lowest BCUT2D eigenvalue weighted by Crippen LogP contribution is -2.14. The Labute approximate surface area is 199 Å². The number of benzene rings is 2. The lowest BCUT2D eigenvalue weighted by atomic mass is 10.0. The van der Waals surface area contributed by atoms with Gasteiger partial charge in [-0.3, -0.25) is 9.48 Å². The number of H-pyrrole nitrogens is 1. The van der Waals surface area contributed by atoms with Crippen LogP contribution in [0.15, 0.2) is 79.5 Å². The predicted molar refractivity (Wildman–Crippen MR) is 129 cm³/mol. The van der Waals surface area contributed by atoms with Crippen molar-refractivity contribution in [1.82, 2.24) is 24.7 Å². The van der Waals surface area contributed by atoms with Gasteiger partial charge in [0.1, 0.15) is 12.0 Å². The number of halogens is 1. The van der Waals surface area contributed by atoms with Crippen LogP contribution in [0, 0.1) is 11.3 Å². The number of aromatic nitrogens is 5. The lowest BCUT2D eigenvalue weighted by Gasteiger charge is -2.16. The van der Waals surface area contributed by atoms with Gasteiger partial charge in [-0.15, -0.1) is 0 Å². The van der Waals surface area contributed by atoms with E-state index in [1.165, 1.54) is 6.33 Å². The fraction of sp³-hybridized carbons (Fsp3) is 0.0800. The summed E-state index contributed by atoms with van der Waals surface area (Å²) in [6.45, 7) is 0. The number of nitrogens with one attached hydrogen (secondary N) is 2. The zero-order chi connectivity index (χ0) is 23.5. The van der Waals surface area contributed by atoms with Crippen LogP contribution in [0.4, 0.5) is 5.69 Å². The first kappa shape index (κ1) is 21.4. The van der Waals surface area contributed by atoms with Crippen LogP contribution in [0.3, 0.4) is 0 Å². The van der Waals surface area contributed by atoms with Crippen LogP contribution in [-0.2, 0) is 0 Å². The van der Waals surface area contributed by atoms with Crippen molar-refractivity contribution in [1.29, 1.82) is 5.26 Å². The highest BCUT2D eigenvalue weighted by Gasteiger charge is 2.18. The molecule has 0 saturated heterocycles. The van der Waals surface area contributed by atoms with Crippen LogP contribution in [-0.4, -0.2) is 30.6 Å². The fourth-order valence-corrected chi connectivity index (χ4v) is 3.93. The van der Waals surface area contributed by atoms with Crippen LogP contribution in [0.5, 0.6) is 0 Å². The van der Waals surface area contributed by atoms with E-state index in [1.54, 1.807) is 53.3 Å². The molecule has 0 aliphatic heterocycles. The summed E-state index contributed by atoms with van der Waals surface area (Å²) in [5, 5.41) is 18.3. The molecule has 0 radical (unpaired) electrons. The fourth-order valence-electron chi connectivity index (χ4n) is 3.81. The highest BCUT2D eigenvalue weighted by molar-refractivity contribution is 6.30. The van der Waals surface area contributed by atoms with Gasteiger partial charge >= 0.3 is 0 Å². The normalized spacial score (nSPS) is 11.8. The number of carbonyl (C=O) groups is 1. The van der Waals surface area contributed by atoms with Crippen molar-refractivity contribution >= 4 is 34.2 Å². The predicted octanol–water partition coefficient (Wildman–Crippen LogP) is 5.23. The van der Waals surface area contributed by atoms with Crippen molar-refractivity contribution in [3.63, 3.8) is 0 Å². The summed E-state index contributed by atoms with van der Waals surface area (Å²) in [6.07, 6.45) is 7.08. The summed E-state index contributed by atoms with van der Waals surface area (Å²) in [6, 6.07) is 17.9. The van der Waals surface area contributed by atoms with E-state index < -0.39 is 0 Å². The van der Waals surface area contributed by atoms with Crippen LogP contribution >= 0.6 is 11.6 Å². The van der Waals surface area contributed by atoms with Gasteiger partial charge in [-0.05, 0) is 48.0 Å². The quantitative estimate of drug-likeness (QED) is 0.355. The second-order valence-corrected chi connectivity index (χ2v) is 8.07. The Balaban J connectivity index is 1.44. The molecule has 2 N–H and O–H groups in total. The summed E-state index contributed by atoms with van der Waals surface area (Å²) < 4.78 is 1.73. The van der Waals surface area contributed by atoms with Crippen molar-refractivity contribution in [2.24, 2.45) is 0 Å². The lowest BCUT2D eigenvalue weighted by molar-refractivity contribution is 0.102. The Kier molecular flexibility index (Phi) is 5.77. The first-order valence-corrected chi connectivity index (χ1v) is 10.9. The van der Waals surface area contributed by atoms with Crippen LogP contribution < -0.4 is 5.32 Å². The molecule has 0 bridgehead atoms. The minimum absolute atomic E-state index is 0.187. The Morgan fingerprint density at radius 1 is 1.18 bits per heavy atom. The first-order valence-electron chi connectivity index (χ1n) is 10.5. The zero-order valence-electron chi connectivity index (χ0n) is 17.8. The molecule has 9 heteroatoms. The van der Waals surface area contributed by atoms with Crippen LogP contribution in [0.25, 0.3) is 22.3 Å². The summed E-state index contributed by atoms with van der Waals surface area (Å²) in [5.74, 6) is -0.253. The number of fused-ring (bicyclic) bond motifs is 1. The molecule has 0 aliphatic carbocycles. The molecule has 8 nitrogen and oxygen atoms in total. The maximum absolute atomic E-state index is 12.8. The highest BCUT2D eigenvalue weighted by atomic mass is 35.5. The molecule has 0 saturated carbocycles. The van der Waals surface area contributed by atoms with Gasteiger partial charge in [0.05, 0.1) is 30.4 Å².